The predicted molar refractivity (Wildman–Crippen MR) is 80.5 cm³/mol. The third-order valence-corrected chi connectivity index (χ3v) is 3.80. The molecular weight excluding hydrogens is 276 g/mol. The molecule has 1 heterocycles. The van der Waals surface area contributed by atoms with Crippen LogP contribution < -0.4 is 5.43 Å². The van der Waals surface area contributed by atoms with Crippen molar-refractivity contribution in [3.05, 3.63) is 34.9 Å². The molecule has 1 fully saturated rings. The van der Waals surface area contributed by atoms with Crippen molar-refractivity contribution in [2.24, 2.45) is 0 Å². The van der Waals surface area contributed by atoms with E-state index in [1.165, 1.54) is 19.3 Å². The summed E-state index contributed by atoms with van der Waals surface area (Å²) in [6, 6.07) is 7.59. The van der Waals surface area contributed by atoms with Crippen LogP contribution in [-0.4, -0.2) is 42.5 Å². The fourth-order valence-corrected chi connectivity index (χ4v) is 2.46. The van der Waals surface area contributed by atoms with Crippen LogP contribution in [0.1, 0.15) is 24.8 Å². The zero-order valence-corrected chi connectivity index (χ0v) is 12.5. The van der Waals surface area contributed by atoms with Crippen molar-refractivity contribution in [1.82, 2.24) is 10.4 Å². The van der Waals surface area contributed by atoms with E-state index in [0.29, 0.717) is 24.8 Å². The lowest BCUT2D eigenvalue weighted by molar-refractivity contribution is 0.0147. The van der Waals surface area contributed by atoms with Crippen molar-refractivity contribution in [3.63, 3.8) is 0 Å². The van der Waals surface area contributed by atoms with E-state index in [9.17, 15) is 5.11 Å². The molecule has 4 nitrogen and oxygen atoms in total. The number of ether oxygens (including phenoxy) is 1. The van der Waals surface area contributed by atoms with Gasteiger partial charge in [0, 0.05) is 24.7 Å². The molecule has 0 bridgehead atoms. The number of hydrogen-bond donors (Lipinski definition) is 2. The quantitative estimate of drug-likeness (QED) is 0.810. The Balaban J connectivity index is 1.60. The minimum absolute atomic E-state index is 0.312. The first-order valence-electron chi connectivity index (χ1n) is 7.23. The van der Waals surface area contributed by atoms with E-state index < -0.39 is 6.10 Å². The molecule has 2 rings (SSSR count). The monoisotopic (exact) mass is 298 g/mol. The largest absolute Gasteiger partial charge is 0.389 e. The standard InChI is InChI=1S/C15H23ClN2O2/c16-15-7-3-2-6-13(15)11-20-12-14(19)10-17-18-8-4-1-5-9-18/h2-3,6-7,14,17,19H,1,4-5,8-12H2. The number of nitrogens with zero attached hydrogens (tertiary/aromatic N) is 1. The molecule has 1 aliphatic heterocycles. The van der Waals surface area contributed by atoms with Gasteiger partial charge in [-0.05, 0) is 24.5 Å². The molecule has 0 saturated carbocycles. The lowest BCUT2D eigenvalue weighted by atomic mass is 10.2. The molecule has 1 aliphatic rings. The molecule has 1 aromatic rings. The summed E-state index contributed by atoms with van der Waals surface area (Å²) >= 11 is 6.04. The zero-order valence-electron chi connectivity index (χ0n) is 11.7. The third-order valence-electron chi connectivity index (χ3n) is 3.43. The minimum atomic E-state index is -0.501. The third kappa shape index (κ3) is 5.38. The van der Waals surface area contributed by atoms with Gasteiger partial charge < -0.3 is 9.84 Å². The van der Waals surface area contributed by atoms with Crippen LogP contribution in [0.25, 0.3) is 0 Å². The molecule has 2 N–H and O–H groups in total. The molecular formula is C15H23ClN2O2. The number of hydrazine groups is 1. The maximum Gasteiger partial charge on any atom is 0.0911 e. The fraction of sp³-hybridized carbons (Fsp3) is 0.600. The Hall–Kier alpha value is -0.650. The lowest BCUT2D eigenvalue weighted by Crippen LogP contribution is -2.45. The molecule has 1 atom stereocenters. The fourth-order valence-electron chi connectivity index (χ4n) is 2.27. The van der Waals surface area contributed by atoms with Crippen LogP contribution in [0.5, 0.6) is 0 Å². The summed E-state index contributed by atoms with van der Waals surface area (Å²) in [7, 11) is 0. The molecule has 1 unspecified atom stereocenters. The Morgan fingerprint density at radius 2 is 2.00 bits per heavy atom. The number of nitrogens with one attached hydrogen (secondary N) is 1. The van der Waals surface area contributed by atoms with E-state index in [0.717, 1.165) is 18.7 Å². The Morgan fingerprint density at radius 1 is 1.25 bits per heavy atom. The van der Waals surface area contributed by atoms with Gasteiger partial charge in [0.15, 0.2) is 0 Å². The summed E-state index contributed by atoms with van der Waals surface area (Å²) in [5, 5.41) is 12.8. The second-order valence-corrected chi connectivity index (χ2v) is 5.58. The maximum absolute atomic E-state index is 9.88. The molecule has 1 saturated heterocycles. The van der Waals surface area contributed by atoms with E-state index in [4.69, 9.17) is 16.3 Å². The van der Waals surface area contributed by atoms with Crippen LogP contribution in [0.4, 0.5) is 0 Å². The van der Waals surface area contributed by atoms with E-state index >= 15 is 0 Å². The van der Waals surface area contributed by atoms with Gasteiger partial charge in [-0.15, -0.1) is 0 Å². The van der Waals surface area contributed by atoms with Gasteiger partial charge >= 0.3 is 0 Å². The Labute approximate surface area is 125 Å². The SMILES string of the molecule is OC(CNN1CCCCC1)COCc1ccccc1Cl. The molecule has 5 heteroatoms. The first-order valence-corrected chi connectivity index (χ1v) is 7.61. The van der Waals surface area contributed by atoms with Gasteiger partial charge in [-0.25, -0.2) is 5.01 Å². The zero-order chi connectivity index (χ0) is 14.2. The molecule has 0 amide bonds. The topological polar surface area (TPSA) is 44.7 Å². The van der Waals surface area contributed by atoms with Crippen molar-refractivity contribution in [1.29, 1.82) is 0 Å². The van der Waals surface area contributed by atoms with Gasteiger partial charge in [-0.3, -0.25) is 5.43 Å². The molecule has 20 heavy (non-hydrogen) atoms. The van der Waals surface area contributed by atoms with Crippen LogP contribution in [0, 0.1) is 0 Å². The predicted octanol–water partition coefficient (Wildman–Crippen LogP) is 2.21. The highest BCUT2D eigenvalue weighted by Gasteiger charge is 2.11. The number of rotatable bonds is 7. The van der Waals surface area contributed by atoms with Gasteiger partial charge in [0.1, 0.15) is 0 Å². The molecule has 1 aromatic carbocycles. The summed E-state index contributed by atoms with van der Waals surface area (Å²) in [6.07, 6.45) is 3.26. The Morgan fingerprint density at radius 3 is 2.75 bits per heavy atom. The van der Waals surface area contributed by atoms with Crippen LogP contribution in [0.15, 0.2) is 24.3 Å². The summed E-state index contributed by atoms with van der Waals surface area (Å²) < 4.78 is 5.51. The highest BCUT2D eigenvalue weighted by atomic mass is 35.5. The van der Waals surface area contributed by atoms with Gasteiger partial charge in [0.25, 0.3) is 0 Å². The van der Waals surface area contributed by atoms with Crippen LogP contribution in [0.3, 0.4) is 0 Å². The van der Waals surface area contributed by atoms with Gasteiger partial charge in [0.05, 0.1) is 19.3 Å². The van der Waals surface area contributed by atoms with Gasteiger partial charge in [-0.1, -0.05) is 36.2 Å². The van der Waals surface area contributed by atoms with Crippen LogP contribution in [-0.2, 0) is 11.3 Å². The number of aliphatic hydroxyl groups is 1. The lowest BCUT2D eigenvalue weighted by Gasteiger charge is -2.28. The van der Waals surface area contributed by atoms with E-state index in [1.54, 1.807) is 0 Å². The van der Waals surface area contributed by atoms with E-state index in [-0.39, 0.29) is 0 Å². The normalized spacial score (nSPS) is 18.1. The van der Waals surface area contributed by atoms with Gasteiger partial charge in [-0.2, -0.15) is 0 Å². The first kappa shape index (κ1) is 15.7. The highest BCUT2D eigenvalue weighted by Crippen LogP contribution is 2.15. The average molecular weight is 299 g/mol. The second-order valence-electron chi connectivity index (χ2n) is 5.17. The smallest absolute Gasteiger partial charge is 0.0911 e. The molecule has 0 spiro atoms. The second kappa shape index (κ2) is 8.60. The summed E-state index contributed by atoms with van der Waals surface area (Å²) in [5.74, 6) is 0. The average Bonchev–Trinajstić information content (AvgIpc) is 2.48. The van der Waals surface area contributed by atoms with Crippen LogP contribution >= 0.6 is 11.6 Å². The summed E-state index contributed by atoms with van der Waals surface area (Å²) in [5.41, 5.74) is 4.21. The number of benzene rings is 1. The molecule has 0 aromatic heterocycles. The van der Waals surface area contributed by atoms with Crippen molar-refractivity contribution in [2.45, 2.75) is 32.0 Å². The number of hydrogen-bond acceptors (Lipinski definition) is 4. The van der Waals surface area contributed by atoms with Crippen molar-refractivity contribution >= 4 is 11.6 Å². The Kier molecular flexibility index (Phi) is 6.76. The molecule has 0 aliphatic carbocycles. The summed E-state index contributed by atoms with van der Waals surface area (Å²) in [4.78, 5) is 0. The first-order chi connectivity index (χ1) is 9.75. The van der Waals surface area contributed by atoms with Crippen molar-refractivity contribution in [3.8, 4) is 0 Å². The Bertz CT molecular complexity index is 397. The van der Waals surface area contributed by atoms with Crippen molar-refractivity contribution in [2.75, 3.05) is 26.2 Å². The van der Waals surface area contributed by atoms with Crippen molar-refractivity contribution < 1.29 is 9.84 Å². The maximum atomic E-state index is 9.88. The molecule has 0 radical (unpaired) electrons. The number of halogens is 1. The number of aliphatic hydroxyl groups excluding tert-OH is 1. The van der Waals surface area contributed by atoms with Crippen LogP contribution in [0.2, 0.25) is 5.02 Å². The molecule has 112 valence electrons. The van der Waals surface area contributed by atoms with Gasteiger partial charge in [0.2, 0.25) is 0 Å². The van der Waals surface area contributed by atoms with E-state index in [2.05, 4.69) is 10.4 Å². The highest BCUT2D eigenvalue weighted by molar-refractivity contribution is 6.31. The van der Waals surface area contributed by atoms with E-state index in [1.807, 2.05) is 24.3 Å². The minimum Gasteiger partial charge on any atom is -0.389 e. The summed E-state index contributed by atoms with van der Waals surface area (Å²) in [6.45, 7) is 3.40. The number of piperidine rings is 1.